The van der Waals surface area contributed by atoms with Gasteiger partial charge in [-0.25, -0.2) is 0 Å². The molecule has 1 amide bonds. The second-order valence-electron chi connectivity index (χ2n) is 7.07. The Morgan fingerprint density at radius 2 is 2.00 bits per heavy atom. The van der Waals surface area contributed by atoms with Crippen LogP contribution in [0.15, 0.2) is 0 Å². The Balaban J connectivity index is 2.02. The highest BCUT2D eigenvalue weighted by atomic mass is 16.3. The molecular formula is C15H29N3O2. The summed E-state index contributed by atoms with van der Waals surface area (Å²) in [4.78, 5) is 16.8. The van der Waals surface area contributed by atoms with Crippen LogP contribution in [0.1, 0.15) is 32.6 Å². The molecule has 0 bridgehead atoms. The first-order valence-electron chi connectivity index (χ1n) is 7.75. The smallest absolute Gasteiger partial charge is 0.226 e. The Morgan fingerprint density at radius 3 is 2.60 bits per heavy atom. The number of likely N-dealkylation sites (tertiary alicyclic amines) is 1. The number of amides is 1. The lowest BCUT2D eigenvalue weighted by Gasteiger charge is -2.35. The van der Waals surface area contributed by atoms with E-state index in [1.807, 2.05) is 19.0 Å². The molecule has 5 unspecified atom stereocenters. The maximum absolute atomic E-state index is 12.8. The number of nitrogens with two attached hydrogens (primary N) is 1. The zero-order valence-electron chi connectivity index (χ0n) is 13.0. The number of aliphatic hydroxyl groups excluding tert-OH is 1. The number of likely N-dealkylation sites (N-methyl/N-ethyl adjacent to an activating group) is 1. The van der Waals surface area contributed by atoms with Crippen molar-refractivity contribution in [3.8, 4) is 0 Å². The zero-order valence-corrected chi connectivity index (χ0v) is 13.0. The molecule has 5 nitrogen and oxygen atoms in total. The molecule has 2 rings (SSSR count). The molecular weight excluding hydrogens is 254 g/mol. The van der Waals surface area contributed by atoms with Crippen molar-refractivity contribution in [3.63, 3.8) is 0 Å². The molecule has 1 saturated carbocycles. The van der Waals surface area contributed by atoms with Gasteiger partial charge in [0.1, 0.15) is 0 Å². The normalized spacial score (nSPS) is 38.5. The summed E-state index contributed by atoms with van der Waals surface area (Å²) in [6, 6.07) is 0.286. The lowest BCUT2D eigenvalue weighted by molar-refractivity contribution is -0.138. The number of hydrogen-bond donors (Lipinski definition) is 2. The summed E-state index contributed by atoms with van der Waals surface area (Å²) >= 11 is 0. The van der Waals surface area contributed by atoms with E-state index in [-0.39, 0.29) is 30.0 Å². The van der Waals surface area contributed by atoms with Crippen LogP contribution in [0, 0.1) is 11.8 Å². The van der Waals surface area contributed by atoms with E-state index in [9.17, 15) is 9.90 Å². The van der Waals surface area contributed by atoms with Crippen LogP contribution in [0.5, 0.6) is 0 Å². The van der Waals surface area contributed by atoms with Crippen LogP contribution in [-0.2, 0) is 4.79 Å². The number of nitrogens with zero attached hydrogens (tertiary/aromatic N) is 2. The molecule has 1 heterocycles. The van der Waals surface area contributed by atoms with Crippen LogP contribution in [0.25, 0.3) is 0 Å². The van der Waals surface area contributed by atoms with Crippen LogP contribution in [0.3, 0.4) is 0 Å². The Labute approximate surface area is 122 Å². The molecule has 5 heteroatoms. The highest BCUT2D eigenvalue weighted by Gasteiger charge is 2.39. The molecule has 0 radical (unpaired) electrons. The molecule has 5 atom stereocenters. The van der Waals surface area contributed by atoms with Gasteiger partial charge in [-0.15, -0.1) is 0 Å². The van der Waals surface area contributed by atoms with E-state index in [0.29, 0.717) is 18.9 Å². The molecule has 116 valence electrons. The molecule has 0 aromatic heterocycles. The number of aliphatic hydroxyl groups is 1. The summed E-state index contributed by atoms with van der Waals surface area (Å²) < 4.78 is 0. The fraction of sp³-hybridized carbons (Fsp3) is 0.933. The second-order valence-corrected chi connectivity index (χ2v) is 7.07. The summed E-state index contributed by atoms with van der Waals surface area (Å²) in [5.41, 5.74) is 6.07. The first-order valence-corrected chi connectivity index (χ1v) is 7.75. The molecule has 3 N–H and O–H groups in total. The van der Waals surface area contributed by atoms with Gasteiger partial charge < -0.3 is 20.6 Å². The zero-order chi connectivity index (χ0) is 14.9. The maximum Gasteiger partial charge on any atom is 0.226 e. The van der Waals surface area contributed by atoms with Crippen LogP contribution in [-0.4, -0.2) is 66.2 Å². The quantitative estimate of drug-likeness (QED) is 0.780. The molecule has 0 aromatic carbocycles. The number of carbonyl (C=O) groups is 1. The van der Waals surface area contributed by atoms with Crippen molar-refractivity contribution in [1.82, 2.24) is 9.80 Å². The van der Waals surface area contributed by atoms with E-state index in [1.54, 1.807) is 0 Å². The van der Waals surface area contributed by atoms with Crippen molar-refractivity contribution in [2.45, 2.75) is 50.8 Å². The number of hydrogen-bond acceptors (Lipinski definition) is 4. The van der Waals surface area contributed by atoms with Gasteiger partial charge in [0.2, 0.25) is 5.91 Å². The molecule has 0 aromatic rings. The molecule has 2 fully saturated rings. The highest BCUT2D eigenvalue weighted by Crippen LogP contribution is 2.31. The number of carbonyl (C=O) groups excluding carboxylic acids is 1. The van der Waals surface area contributed by atoms with Gasteiger partial charge in [0.15, 0.2) is 0 Å². The second kappa shape index (κ2) is 6.41. The molecule has 1 aliphatic carbocycles. The maximum atomic E-state index is 12.8. The predicted octanol–water partition coefficient (Wildman–Crippen LogP) is 0.273. The van der Waals surface area contributed by atoms with Crippen molar-refractivity contribution >= 4 is 5.91 Å². The number of rotatable bonds is 3. The highest BCUT2D eigenvalue weighted by molar-refractivity contribution is 5.79. The Hall–Kier alpha value is -0.650. The molecule has 1 aliphatic heterocycles. The average Bonchev–Trinajstić information content (AvgIpc) is 2.67. The summed E-state index contributed by atoms with van der Waals surface area (Å²) in [5, 5.41) is 9.90. The van der Waals surface area contributed by atoms with Crippen LogP contribution in [0.4, 0.5) is 0 Å². The minimum absolute atomic E-state index is 0.0451. The van der Waals surface area contributed by atoms with Gasteiger partial charge in [-0.2, -0.15) is 0 Å². The van der Waals surface area contributed by atoms with E-state index in [1.165, 1.54) is 0 Å². The van der Waals surface area contributed by atoms with E-state index in [4.69, 9.17) is 5.73 Å². The summed E-state index contributed by atoms with van der Waals surface area (Å²) in [6.07, 6.45) is 3.07. The summed E-state index contributed by atoms with van der Waals surface area (Å²) in [6.45, 7) is 3.48. The van der Waals surface area contributed by atoms with Crippen molar-refractivity contribution in [2.24, 2.45) is 17.6 Å². The van der Waals surface area contributed by atoms with Gasteiger partial charge in [-0.1, -0.05) is 6.92 Å². The monoisotopic (exact) mass is 283 g/mol. The van der Waals surface area contributed by atoms with Crippen molar-refractivity contribution < 1.29 is 9.90 Å². The molecule has 0 spiro atoms. The summed E-state index contributed by atoms with van der Waals surface area (Å²) in [7, 11) is 4.01. The van der Waals surface area contributed by atoms with Crippen LogP contribution >= 0.6 is 0 Å². The summed E-state index contributed by atoms with van der Waals surface area (Å²) in [5.74, 6) is 0.770. The molecule has 2 aliphatic rings. The SMILES string of the molecule is CC1CC(N)CC(C(=O)N2CC(O)CC2CN(C)C)C1. The Bertz CT molecular complexity index is 338. The van der Waals surface area contributed by atoms with Crippen molar-refractivity contribution in [2.75, 3.05) is 27.2 Å². The van der Waals surface area contributed by atoms with Gasteiger partial charge >= 0.3 is 0 Å². The largest absolute Gasteiger partial charge is 0.391 e. The fourth-order valence-electron chi connectivity index (χ4n) is 3.85. The lowest BCUT2D eigenvalue weighted by atomic mass is 9.79. The van der Waals surface area contributed by atoms with Crippen molar-refractivity contribution in [3.05, 3.63) is 0 Å². The van der Waals surface area contributed by atoms with Gasteiger partial charge in [0.05, 0.1) is 6.10 Å². The minimum Gasteiger partial charge on any atom is -0.391 e. The van der Waals surface area contributed by atoms with Gasteiger partial charge in [-0.3, -0.25) is 4.79 Å². The third-order valence-corrected chi connectivity index (χ3v) is 4.58. The van der Waals surface area contributed by atoms with Gasteiger partial charge in [-0.05, 0) is 45.7 Å². The van der Waals surface area contributed by atoms with Crippen LogP contribution in [0.2, 0.25) is 0 Å². The predicted molar refractivity (Wildman–Crippen MR) is 79.2 cm³/mol. The first kappa shape index (κ1) is 15.7. The molecule has 1 saturated heterocycles. The van der Waals surface area contributed by atoms with Crippen LogP contribution < -0.4 is 5.73 Å². The van der Waals surface area contributed by atoms with E-state index in [2.05, 4.69) is 11.8 Å². The minimum atomic E-state index is -0.376. The average molecular weight is 283 g/mol. The van der Waals surface area contributed by atoms with E-state index < -0.39 is 0 Å². The Morgan fingerprint density at radius 1 is 1.30 bits per heavy atom. The first-order chi connectivity index (χ1) is 9.36. The third-order valence-electron chi connectivity index (χ3n) is 4.58. The van der Waals surface area contributed by atoms with E-state index in [0.717, 1.165) is 25.8 Å². The lowest BCUT2D eigenvalue weighted by Crippen LogP contribution is -2.47. The molecule has 20 heavy (non-hydrogen) atoms. The standard InChI is InChI=1S/C15H29N3O2/c1-10-4-11(6-12(16)5-10)15(20)18-9-14(19)7-13(18)8-17(2)3/h10-14,19H,4-9,16H2,1-3H3. The fourth-order valence-corrected chi connectivity index (χ4v) is 3.85. The topological polar surface area (TPSA) is 69.8 Å². The van der Waals surface area contributed by atoms with Crippen molar-refractivity contribution in [1.29, 1.82) is 0 Å². The van der Waals surface area contributed by atoms with E-state index >= 15 is 0 Å². The third kappa shape index (κ3) is 3.71. The Kier molecular flexibility index (Phi) is 5.04. The van der Waals surface area contributed by atoms with Gasteiger partial charge in [0, 0.05) is 31.1 Å². The van der Waals surface area contributed by atoms with Gasteiger partial charge in [0.25, 0.3) is 0 Å². The number of β-amino-alcohol motifs (C(OH)–C–C–N with tert-alkyl or cyclic N) is 1.